The molecule has 0 aliphatic carbocycles. The van der Waals surface area contributed by atoms with Crippen LogP contribution in [0.2, 0.25) is 0 Å². The highest BCUT2D eigenvalue weighted by Crippen LogP contribution is 2.34. The van der Waals surface area contributed by atoms with Crippen molar-refractivity contribution in [2.75, 3.05) is 16.4 Å². The quantitative estimate of drug-likeness (QED) is 0.679. The van der Waals surface area contributed by atoms with E-state index in [2.05, 4.69) is 10.6 Å². The molecule has 1 aliphatic rings. The molecule has 2 aromatic carbocycles. The van der Waals surface area contributed by atoms with Crippen molar-refractivity contribution in [2.24, 2.45) is 0 Å². The number of benzene rings is 2. The largest absolute Gasteiger partial charge is 0.326 e. The van der Waals surface area contributed by atoms with Crippen LogP contribution < -0.4 is 10.6 Å². The number of thioether (sulfide) groups is 1. The number of nitrogens with one attached hydrogen (secondary N) is 2. The monoisotopic (exact) mass is 432 g/mol. The van der Waals surface area contributed by atoms with E-state index < -0.39 is 21.0 Å². The molecule has 2 aromatic rings. The standard InChI is InChI=1S/C20H20N2O5S2/c1-12(8-19(24)21-15-5-3-4-14(9-15)13(2)23)29(26,27)16-6-7-18-17(10-16)22-20(25)11-28-18/h3-7,9-10,12H,8,11H2,1-2H3,(H,21,24)(H,22,25)/t12-/m0/s1. The molecule has 1 atom stereocenters. The molecule has 2 amide bonds. The van der Waals surface area contributed by atoms with Gasteiger partial charge in [-0.1, -0.05) is 12.1 Å². The van der Waals surface area contributed by atoms with Crippen LogP contribution in [0.3, 0.4) is 0 Å². The molecule has 0 radical (unpaired) electrons. The van der Waals surface area contributed by atoms with Crippen LogP contribution in [0.4, 0.5) is 11.4 Å². The van der Waals surface area contributed by atoms with E-state index in [4.69, 9.17) is 0 Å². The zero-order valence-corrected chi connectivity index (χ0v) is 17.5. The maximum atomic E-state index is 12.9. The average Bonchev–Trinajstić information content (AvgIpc) is 2.67. The third-order valence-corrected chi connectivity index (χ3v) is 7.68. The smallest absolute Gasteiger partial charge is 0.234 e. The number of rotatable bonds is 6. The highest BCUT2D eigenvalue weighted by Gasteiger charge is 2.27. The first-order chi connectivity index (χ1) is 13.7. The first-order valence-corrected chi connectivity index (χ1v) is 11.4. The second-order valence-corrected chi connectivity index (χ2v) is 10.1. The van der Waals surface area contributed by atoms with Gasteiger partial charge in [0.15, 0.2) is 15.6 Å². The summed E-state index contributed by atoms with van der Waals surface area (Å²) >= 11 is 1.34. The molecule has 3 rings (SSSR count). The van der Waals surface area contributed by atoms with Gasteiger partial charge >= 0.3 is 0 Å². The molecule has 29 heavy (non-hydrogen) atoms. The Morgan fingerprint density at radius 1 is 1.21 bits per heavy atom. The number of hydrogen-bond acceptors (Lipinski definition) is 6. The molecule has 152 valence electrons. The average molecular weight is 433 g/mol. The van der Waals surface area contributed by atoms with Crippen LogP contribution in [0, 0.1) is 0 Å². The first kappa shape index (κ1) is 21.1. The highest BCUT2D eigenvalue weighted by molar-refractivity contribution is 8.00. The summed E-state index contributed by atoms with van der Waals surface area (Å²) in [7, 11) is -3.77. The fraction of sp³-hybridized carbons (Fsp3) is 0.250. The van der Waals surface area contributed by atoms with Crippen molar-refractivity contribution in [2.45, 2.75) is 35.3 Å². The lowest BCUT2D eigenvalue weighted by atomic mass is 10.1. The van der Waals surface area contributed by atoms with E-state index in [1.54, 1.807) is 30.3 Å². The lowest BCUT2D eigenvalue weighted by molar-refractivity contribution is -0.116. The number of fused-ring (bicyclic) bond motifs is 1. The lowest BCUT2D eigenvalue weighted by Gasteiger charge is -2.18. The first-order valence-electron chi connectivity index (χ1n) is 8.88. The molecule has 7 nitrogen and oxygen atoms in total. The Morgan fingerprint density at radius 3 is 2.69 bits per heavy atom. The predicted molar refractivity (Wildman–Crippen MR) is 112 cm³/mol. The number of amides is 2. The Labute approximate surface area is 173 Å². The number of anilines is 2. The molecule has 1 heterocycles. The van der Waals surface area contributed by atoms with Gasteiger partial charge in [0.2, 0.25) is 11.8 Å². The second kappa shape index (κ2) is 8.38. The molecule has 0 saturated heterocycles. The lowest BCUT2D eigenvalue weighted by Crippen LogP contribution is -2.25. The number of carbonyl (C=O) groups is 3. The van der Waals surface area contributed by atoms with Crippen molar-refractivity contribution < 1.29 is 22.8 Å². The van der Waals surface area contributed by atoms with Crippen LogP contribution in [0.25, 0.3) is 0 Å². The van der Waals surface area contributed by atoms with Gasteiger partial charge in [-0.2, -0.15) is 0 Å². The molecule has 0 spiro atoms. The van der Waals surface area contributed by atoms with Crippen molar-refractivity contribution in [3.8, 4) is 0 Å². The highest BCUT2D eigenvalue weighted by atomic mass is 32.2. The van der Waals surface area contributed by atoms with E-state index >= 15 is 0 Å². The Balaban J connectivity index is 1.72. The summed E-state index contributed by atoms with van der Waals surface area (Å²) in [6, 6.07) is 11.0. The SMILES string of the molecule is CC(=O)c1cccc(NC(=O)C[C@H](C)S(=O)(=O)c2ccc3c(c2)NC(=O)CS3)c1. The molecule has 0 unspecified atom stereocenters. The van der Waals surface area contributed by atoms with Crippen molar-refractivity contribution in [1.29, 1.82) is 0 Å². The Hall–Kier alpha value is -2.65. The zero-order chi connectivity index (χ0) is 21.2. The van der Waals surface area contributed by atoms with Crippen molar-refractivity contribution in [3.63, 3.8) is 0 Å². The molecule has 0 fully saturated rings. The third kappa shape index (κ3) is 4.86. The molecule has 0 bridgehead atoms. The van der Waals surface area contributed by atoms with E-state index in [-0.39, 0.29) is 23.0 Å². The van der Waals surface area contributed by atoms with Crippen LogP contribution >= 0.6 is 11.8 Å². The molecule has 0 aromatic heterocycles. The Kier molecular flexibility index (Phi) is 6.09. The summed E-state index contributed by atoms with van der Waals surface area (Å²) in [6.07, 6.45) is -0.245. The minimum atomic E-state index is -3.77. The number of sulfone groups is 1. The Bertz CT molecular complexity index is 1100. The van der Waals surface area contributed by atoms with E-state index in [1.807, 2.05) is 0 Å². The number of Topliss-reactive ketones (excluding diaryl/α,β-unsaturated/α-hetero) is 1. The van der Waals surface area contributed by atoms with E-state index in [0.29, 0.717) is 22.7 Å². The van der Waals surface area contributed by atoms with Gasteiger partial charge in [0.05, 0.1) is 21.6 Å². The second-order valence-electron chi connectivity index (χ2n) is 6.74. The van der Waals surface area contributed by atoms with Gasteiger partial charge in [-0.05, 0) is 44.2 Å². The fourth-order valence-corrected chi connectivity index (χ4v) is 5.03. The molecule has 2 N–H and O–H groups in total. The van der Waals surface area contributed by atoms with Gasteiger partial charge in [-0.3, -0.25) is 14.4 Å². The normalized spacial score (nSPS) is 14.5. The maximum Gasteiger partial charge on any atom is 0.234 e. The molecule has 0 saturated carbocycles. The summed E-state index contributed by atoms with van der Waals surface area (Å²) in [4.78, 5) is 36.2. The predicted octanol–water partition coefficient (Wildman–Crippen LogP) is 3.12. The number of hydrogen-bond donors (Lipinski definition) is 2. The van der Waals surface area contributed by atoms with E-state index in [9.17, 15) is 22.8 Å². The summed E-state index contributed by atoms with van der Waals surface area (Å²) in [5.41, 5.74) is 1.35. The van der Waals surface area contributed by atoms with Crippen molar-refractivity contribution in [1.82, 2.24) is 0 Å². The maximum absolute atomic E-state index is 12.9. The minimum Gasteiger partial charge on any atom is -0.326 e. The minimum absolute atomic E-state index is 0.0536. The summed E-state index contributed by atoms with van der Waals surface area (Å²) < 4.78 is 25.8. The van der Waals surface area contributed by atoms with E-state index in [1.165, 1.54) is 37.7 Å². The van der Waals surface area contributed by atoms with Gasteiger partial charge in [-0.25, -0.2) is 8.42 Å². The zero-order valence-electron chi connectivity index (χ0n) is 15.9. The third-order valence-electron chi connectivity index (χ3n) is 4.47. The van der Waals surface area contributed by atoms with E-state index in [0.717, 1.165) is 4.90 Å². The van der Waals surface area contributed by atoms with Gasteiger partial charge < -0.3 is 10.6 Å². The summed E-state index contributed by atoms with van der Waals surface area (Å²) in [6.45, 7) is 2.89. The Morgan fingerprint density at radius 2 is 1.97 bits per heavy atom. The molecular weight excluding hydrogens is 412 g/mol. The molecule has 1 aliphatic heterocycles. The van der Waals surface area contributed by atoms with Crippen LogP contribution in [-0.2, 0) is 19.4 Å². The van der Waals surface area contributed by atoms with Crippen LogP contribution in [0.5, 0.6) is 0 Å². The summed E-state index contributed by atoms with van der Waals surface area (Å²) in [5, 5.41) is 4.33. The summed E-state index contributed by atoms with van der Waals surface area (Å²) in [5.74, 6) is -0.490. The molecule has 9 heteroatoms. The molecular formula is C20H20N2O5S2. The van der Waals surface area contributed by atoms with Gasteiger partial charge in [0, 0.05) is 22.6 Å². The fourth-order valence-electron chi connectivity index (χ4n) is 2.87. The van der Waals surface area contributed by atoms with Crippen molar-refractivity contribution in [3.05, 3.63) is 48.0 Å². The van der Waals surface area contributed by atoms with Crippen molar-refractivity contribution >= 4 is 50.6 Å². The van der Waals surface area contributed by atoms with Gasteiger partial charge in [-0.15, -0.1) is 11.8 Å². The van der Waals surface area contributed by atoms with Crippen LogP contribution in [-0.4, -0.2) is 37.0 Å². The number of ketones is 1. The van der Waals surface area contributed by atoms with Gasteiger partial charge in [0.1, 0.15) is 0 Å². The van der Waals surface area contributed by atoms with Crippen LogP contribution in [0.15, 0.2) is 52.3 Å². The topological polar surface area (TPSA) is 109 Å². The van der Waals surface area contributed by atoms with Gasteiger partial charge in [0.25, 0.3) is 0 Å². The number of carbonyl (C=O) groups excluding carboxylic acids is 3. The van der Waals surface area contributed by atoms with Crippen LogP contribution in [0.1, 0.15) is 30.6 Å².